The van der Waals surface area contributed by atoms with Crippen molar-refractivity contribution in [2.45, 2.75) is 13.5 Å². The molecule has 3 rings (SSSR count). The number of benzene rings is 1. The predicted octanol–water partition coefficient (Wildman–Crippen LogP) is 2.08. The van der Waals surface area contributed by atoms with Crippen LogP contribution in [0.1, 0.15) is 12.5 Å². The van der Waals surface area contributed by atoms with Crippen LogP contribution in [0, 0.1) is 5.82 Å². The fourth-order valence-electron chi connectivity index (χ4n) is 2.58. The standard InChI is InChI=1S/C18H18FN3O3/c1-2-25-16(24)6-12-9-22(10-12)18-20-7-14(8-21-18)15-5-3-4-13(11-23)17(15)19/h3-8,23H,2,9-11H2,1H3. The van der Waals surface area contributed by atoms with Gasteiger partial charge >= 0.3 is 5.97 Å². The summed E-state index contributed by atoms with van der Waals surface area (Å²) < 4.78 is 19.1. The number of esters is 1. The third-order valence-electron chi connectivity index (χ3n) is 3.88. The third-order valence-corrected chi connectivity index (χ3v) is 3.88. The molecular formula is C18H18FN3O3. The predicted molar refractivity (Wildman–Crippen MR) is 90.3 cm³/mol. The molecule has 1 aliphatic rings. The monoisotopic (exact) mass is 343 g/mol. The van der Waals surface area contributed by atoms with Gasteiger partial charge in [0.25, 0.3) is 0 Å². The van der Waals surface area contributed by atoms with Crippen molar-refractivity contribution in [2.24, 2.45) is 0 Å². The lowest BCUT2D eigenvalue weighted by Gasteiger charge is -2.33. The summed E-state index contributed by atoms with van der Waals surface area (Å²) in [5.74, 6) is -0.291. The number of ether oxygens (including phenoxy) is 1. The Balaban J connectivity index is 1.69. The van der Waals surface area contributed by atoms with Gasteiger partial charge in [-0.3, -0.25) is 0 Å². The minimum Gasteiger partial charge on any atom is -0.463 e. The quantitative estimate of drug-likeness (QED) is 0.662. The van der Waals surface area contributed by atoms with Crippen LogP contribution < -0.4 is 4.90 Å². The van der Waals surface area contributed by atoms with E-state index in [0.29, 0.717) is 36.8 Å². The molecule has 1 saturated heterocycles. The highest BCUT2D eigenvalue weighted by atomic mass is 19.1. The number of carbonyl (C=O) groups excluding carboxylic acids is 1. The molecule has 1 aliphatic heterocycles. The molecule has 2 aromatic rings. The first-order valence-electron chi connectivity index (χ1n) is 7.94. The molecule has 2 heterocycles. The normalized spacial score (nSPS) is 13.4. The Morgan fingerprint density at radius 3 is 2.72 bits per heavy atom. The van der Waals surface area contributed by atoms with Crippen LogP contribution in [0.15, 0.2) is 42.2 Å². The third kappa shape index (κ3) is 3.66. The van der Waals surface area contributed by atoms with Gasteiger partial charge in [-0.2, -0.15) is 0 Å². The molecule has 1 aromatic carbocycles. The van der Waals surface area contributed by atoms with Crippen LogP contribution in [0.25, 0.3) is 11.1 Å². The van der Waals surface area contributed by atoms with Crippen LogP contribution in [-0.4, -0.2) is 40.7 Å². The van der Waals surface area contributed by atoms with Crippen LogP contribution in [-0.2, 0) is 16.1 Å². The smallest absolute Gasteiger partial charge is 0.330 e. The van der Waals surface area contributed by atoms with Gasteiger partial charge in [0.2, 0.25) is 5.95 Å². The number of anilines is 1. The Labute approximate surface area is 144 Å². The SMILES string of the molecule is CCOC(=O)C=C1CN(c2ncc(-c3cccc(CO)c3F)cn2)C1. The number of aromatic nitrogens is 2. The van der Waals surface area contributed by atoms with Crippen LogP contribution >= 0.6 is 0 Å². The minimum atomic E-state index is -0.468. The van der Waals surface area contributed by atoms with Crippen molar-refractivity contribution < 1.29 is 19.0 Å². The first-order valence-corrected chi connectivity index (χ1v) is 7.94. The van der Waals surface area contributed by atoms with Crippen LogP contribution in [0.5, 0.6) is 0 Å². The molecule has 1 N–H and O–H groups in total. The van der Waals surface area contributed by atoms with Crippen LogP contribution in [0.2, 0.25) is 0 Å². The van der Waals surface area contributed by atoms with E-state index in [0.717, 1.165) is 5.57 Å². The summed E-state index contributed by atoms with van der Waals surface area (Å²) in [5, 5.41) is 9.15. The van der Waals surface area contributed by atoms with Gasteiger partial charge in [-0.1, -0.05) is 18.2 Å². The maximum Gasteiger partial charge on any atom is 0.330 e. The minimum absolute atomic E-state index is 0.234. The highest BCUT2D eigenvalue weighted by Crippen LogP contribution is 2.26. The van der Waals surface area contributed by atoms with Crippen molar-refractivity contribution in [2.75, 3.05) is 24.6 Å². The Morgan fingerprint density at radius 2 is 2.08 bits per heavy atom. The Hall–Kier alpha value is -2.80. The average molecular weight is 343 g/mol. The molecule has 7 heteroatoms. The van der Waals surface area contributed by atoms with Gasteiger partial charge in [0, 0.05) is 48.2 Å². The van der Waals surface area contributed by atoms with Gasteiger partial charge in [-0.15, -0.1) is 0 Å². The fraction of sp³-hybridized carbons (Fsp3) is 0.278. The van der Waals surface area contributed by atoms with E-state index in [1.54, 1.807) is 31.5 Å². The summed E-state index contributed by atoms with van der Waals surface area (Å²) in [6.07, 6.45) is 4.59. The second-order valence-corrected chi connectivity index (χ2v) is 5.62. The van der Waals surface area contributed by atoms with Crippen molar-refractivity contribution in [3.8, 4) is 11.1 Å². The van der Waals surface area contributed by atoms with E-state index in [9.17, 15) is 9.18 Å². The summed E-state index contributed by atoms with van der Waals surface area (Å²) in [6, 6.07) is 4.84. The fourth-order valence-corrected chi connectivity index (χ4v) is 2.58. The lowest BCUT2D eigenvalue weighted by atomic mass is 10.0. The van der Waals surface area contributed by atoms with Gasteiger partial charge in [-0.25, -0.2) is 19.2 Å². The van der Waals surface area contributed by atoms with Crippen molar-refractivity contribution in [1.29, 1.82) is 0 Å². The second kappa shape index (κ2) is 7.40. The molecule has 0 saturated carbocycles. The first-order chi connectivity index (χ1) is 12.1. The number of hydrogen-bond acceptors (Lipinski definition) is 6. The van der Waals surface area contributed by atoms with Gasteiger partial charge in [0.15, 0.2) is 0 Å². The second-order valence-electron chi connectivity index (χ2n) is 5.62. The van der Waals surface area contributed by atoms with E-state index in [-0.39, 0.29) is 18.1 Å². The number of aliphatic hydroxyl groups excluding tert-OH is 1. The molecule has 0 unspecified atom stereocenters. The number of hydrogen-bond donors (Lipinski definition) is 1. The average Bonchev–Trinajstić information content (AvgIpc) is 2.58. The van der Waals surface area contributed by atoms with E-state index in [1.165, 1.54) is 12.1 Å². The first kappa shape index (κ1) is 17.0. The molecule has 130 valence electrons. The summed E-state index contributed by atoms with van der Waals surface area (Å²) in [6.45, 7) is 2.88. The molecule has 25 heavy (non-hydrogen) atoms. The summed E-state index contributed by atoms with van der Waals surface area (Å²) in [7, 11) is 0. The van der Waals surface area contributed by atoms with E-state index >= 15 is 0 Å². The molecule has 1 fully saturated rings. The zero-order chi connectivity index (χ0) is 17.8. The van der Waals surface area contributed by atoms with Crippen LogP contribution in [0.3, 0.4) is 0 Å². The maximum absolute atomic E-state index is 14.3. The molecule has 0 spiro atoms. The zero-order valence-electron chi connectivity index (χ0n) is 13.8. The molecular weight excluding hydrogens is 325 g/mol. The van der Waals surface area contributed by atoms with Crippen molar-refractivity contribution in [3.63, 3.8) is 0 Å². The molecule has 1 aromatic heterocycles. The topological polar surface area (TPSA) is 75.5 Å². The summed E-state index contributed by atoms with van der Waals surface area (Å²) in [5.41, 5.74) is 2.08. The Bertz CT molecular complexity index is 798. The van der Waals surface area contributed by atoms with Gasteiger partial charge < -0.3 is 14.7 Å². The number of nitrogens with zero attached hydrogens (tertiary/aromatic N) is 3. The lowest BCUT2D eigenvalue weighted by molar-refractivity contribution is -0.137. The van der Waals surface area contributed by atoms with Gasteiger partial charge in [-0.05, 0) is 12.5 Å². The lowest BCUT2D eigenvalue weighted by Crippen LogP contribution is -2.41. The number of halogens is 1. The van der Waals surface area contributed by atoms with E-state index < -0.39 is 5.82 Å². The van der Waals surface area contributed by atoms with Gasteiger partial charge in [0.1, 0.15) is 5.82 Å². The number of rotatable bonds is 5. The van der Waals surface area contributed by atoms with Crippen LogP contribution in [0.4, 0.5) is 10.3 Å². The molecule has 0 amide bonds. The van der Waals surface area contributed by atoms with Crippen molar-refractivity contribution in [1.82, 2.24) is 9.97 Å². The molecule has 6 nitrogen and oxygen atoms in total. The van der Waals surface area contributed by atoms with Crippen molar-refractivity contribution in [3.05, 3.63) is 53.6 Å². The summed E-state index contributed by atoms with van der Waals surface area (Å²) >= 11 is 0. The molecule has 0 aliphatic carbocycles. The van der Waals surface area contributed by atoms with Gasteiger partial charge in [0.05, 0.1) is 13.2 Å². The summed E-state index contributed by atoms with van der Waals surface area (Å²) in [4.78, 5) is 21.8. The van der Waals surface area contributed by atoms with E-state index in [4.69, 9.17) is 9.84 Å². The van der Waals surface area contributed by atoms with Crippen molar-refractivity contribution >= 4 is 11.9 Å². The molecule has 0 bridgehead atoms. The van der Waals surface area contributed by atoms with E-state index in [2.05, 4.69) is 9.97 Å². The highest BCUT2D eigenvalue weighted by molar-refractivity contribution is 5.83. The zero-order valence-corrected chi connectivity index (χ0v) is 13.8. The van der Waals surface area contributed by atoms with E-state index in [1.807, 2.05) is 4.90 Å². The number of carbonyl (C=O) groups is 1. The Morgan fingerprint density at radius 1 is 1.36 bits per heavy atom. The number of aliphatic hydroxyl groups is 1. The largest absolute Gasteiger partial charge is 0.463 e. The Kier molecular flexibility index (Phi) is 5.04. The highest BCUT2D eigenvalue weighted by Gasteiger charge is 2.23. The molecule has 0 atom stereocenters. The molecule has 0 radical (unpaired) electrons. The maximum atomic E-state index is 14.3.